The first-order valence-electron chi connectivity index (χ1n) is 6.01. The van der Waals surface area contributed by atoms with Gasteiger partial charge in [0.1, 0.15) is 0 Å². The van der Waals surface area contributed by atoms with E-state index >= 15 is 0 Å². The summed E-state index contributed by atoms with van der Waals surface area (Å²) in [5, 5.41) is 4.80. The van der Waals surface area contributed by atoms with Crippen LogP contribution in [0.25, 0.3) is 10.8 Å². The van der Waals surface area contributed by atoms with E-state index in [0.717, 1.165) is 14.1 Å². The van der Waals surface area contributed by atoms with Crippen LogP contribution in [0.1, 0.15) is 43.3 Å². The highest BCUT2D eigenvalue weighted by Gasteiger charge is 2.17. The SMILES string of the molecule is c1ccc2c(C3CCCCC3)[pH]cc2c1. The van der Waals surface area contributed by atoms with Gasteiger partial charge in [-0.2, -0.15) is 0 Å². The average Bonchev–Trinajstić information content (AvgIpc) is 2.74. The average molecular weight is 216 g/mol. The summed E-state index contributed by atoms with van der Waals surface area (Å²) < 4.78 is 0. The molecule has 1 unspecified atom stereocenters. The number of rotatable bonds is 1. The van der Waals surface area contributed by atoms with Crippen molar-refractivity contribution >= 4 is 19.0 Å². The van der Waals surface area contributed by atoms with E-state index in [4.69, 9.17) is 0 Å². The minimum absolute atomic E-state index is 0.900. The minimum Gasteiger partial charge on any atom is -0.135 e. The van der Waals surface area contributed by atoms with Gasteiger partial charge >= 0.3 is 0 Å². The fourth-order valence-electron chi connectivity index (χ4n) is 2.83. The first kappa shape index (κ1) is 9.48. The van der Waals surface area contributed by atoms with Crippen LogP contribution in [0, 0.1) is 0 Å². The van der Waals surface area contributed by atoms with Gasteiger partial charge in [-0.1, -0.05) is 43.5 Å². The molecule has 1 heterocycles. The summed E-state index contributed by atoms with van der Waals surface area (Å²) in [6.07, 6.45) is 7.22. The number of hydrogen-bond acceptors (Lipinski definition) is 0. The monoisotopic (exact) mass is 216 g/mol. The van der Waals surface area contributed by atoms with E-state index in [9.17, 15) is 0 Å². The summed E-state index contributed by atoms with van der Waals surface area (Å²) in [4.78, 5) is 0. The summed E-state index contributed by atoms with van der Waals surface area (Å²) in [6.45, 7) is 0. The van der Waals surface area contributed by atoms with E-state index in [1.807, 2.05) is 0 Å². The standard InChI is InChI=1S/C14H17P/c1-2-6-11(7-3-1)14-13-9-5-4-8-12(13)10-15-14/h4-5,8-11,15H,1-3,6-7H2. The highest BCUT2D eigenvalue weighted by atomic mass is 31.0. The van der Waals surface area contributed by atoms with Crippen LogP contribution in [0.5, 0.6) is 0 Å². The molecule has 2 aromatic rings. The quantitative estimate of drug-likeness (QED) is 0.634. The lowest BCUT2D eigenvalue weighted by Crippen LogP contribution is -2.02. The van der Waals surface area contributed by atoms with Crippen LogP contribution in [-0.2, 0) is 0 Å². The van der Waals surface area contributed by atoms with Crippen LogP contribution in [0.15, 0.2) is 30.1 Å². The summed E-state index contributed by atoms with van der Waals surface area (Å²) in [5.41, 5.74) is 0. The molecule has 1 aromatic carbocycles. The Morgan fingerprint density at radius 1 is 1.00 bits per heavy atom. The van der Waals surface area contributed by atoms with E-state index in [1.54, 1.807) is 10.7 Å². The van der Waals surface area contributed by atoms with Crippen molar-refractivity contribution in [2.24, 2.45) is 0 Å². The van der Waals surface area contributed by atoms with Gasteiger partial charge in [-0.05, 0) is 40.6 Å². The summed E-state index contributed by atoms with van der Waals surface area (Å²) in [6, 6.07) is 8.92. The molecule has 1 saturated carbocycles. The maximum Gasteiger partial charge on any atom is -0.0109 e. The molecule has 0 nitrogen and oxygen atoms in total. The molecule has 0 N–H and O–H groups in total. The molecule has 0 aliphatic heterocycles. The van der Waals surface area contributed by atoms with Gasteiger partial charge in [0.05, 0.1) is 0 Å². The number of hydrogen-bond donors (Lipinski definition) is 0. The fraction of sp³-hybridized carbons (Fsp3) is 0.429. The molecular weight excluding hydrogens is 199 g/mol. The van der Waals surface area contributed by atoms with Crippen molar-refractivity contribution in [2.45, 2.75) is 38.0 Å². The van der Waals surface area contributed by atoms with Crippen LogP contribution in [-0.4, -0.2) is 0 Å². The lowest BCUT2D eigenvalue weighted by molar-refractivity contribution is 0.450. The maximum atomic E-state index is 2.43. The molecule has 1 fully saturated rings. The molecular formula is C14H17P. The minimum atomic E-state index is 0.900. The molecule has 78 valence electrons. The van der Waals surface area contributed by atoms with Crippen molar-refractivity contribution in [3.05, 3.63) is 35.4 Å². The molecule has 1 aromatic heterocycles. The Morgan fingerprint density at radius 3 is 2.67 bits per heavy atom. The predicted molar refractivity (Wildman–Crippen MR) is 69.3 cm³/mol. The van der Waals surface area contributed by atoms with Crippen molar-refractivity contribution in [2.75, 3.05) is 0 Å². The molecule has 1 heteroatoms. The summed E-state index contributed by atoms with van der Waals surface area (Å²) in [7, 11) is 0.960. The fourth-order valence-corrected chi connectivity index (χ4v) is 4.30. The van der Waals surface area contributed by atoms with Crippen molar-refractivity contribution in [1.29, 1.82) is 0 Å². The Kier molecular flexibility index (Phi) is 2.54. The van der Waals surface area contributed by atoms with Gasteiger partial charge < -0.3 is 0 Å². The van der Waals surface area contributed by atoms with Crippen LogP contribution in [0.4, 0.5) is 0 Å². The maximum absolute atomic E-state index is 2.43. The lowest BCUT2D eigenvalue weighted by atomic mass is 9.87. The van der Waals surface area contributed by atoms with E-state index in [0.29, 0.717) is 0 Å². The van der Waals surface area contributed by atoms with Crippen molar-refractivity contribution in [3.8, 4) is 0 Å². The molecule has 1 aliphatic rings. The Morgan fingerprint density at radius 2 is 1.80 bits per heavy atom. The van der Waals surface area contributed by atoms with E-state index in [1.165, 1.54) is 37.5 Å². The molecule has 0 radical (unpaired) electrons. The molecule has 1 aliphatic carbocycles. The highest BCUT2D eigenvalue weighted by molar-refractivity contribution is 7.31. The van der Waals surface area contributed by atoms with E-state index in [2.05, 4.69) is 30.1 Å². The third-order valence-corrected chi connectivity index (χ3v) is 5.09. The molecule has 0 spiro atoms. The molecule has 0 saturated heterocycles. The molecule has 0 bridgehead atoms. The van der Waals surface area contributed by atoms with Gasteiger partial charge in [0, 0.05) is 0 Å². The zero-order valence-corrected chi connectivity index (χ0v) is 10.00. The molecule has 1 atom stereocenters. The van der Waals surface area contributed by atoms with E-state index < -0.39 is 0 Å². The zero-order valence-electron chi connectivity index (χ0n) is 9.00. The van der Waals surface area contributed by atoms with Gasteiger partial charge in [-0.15, -0.1) is 8.19 Å². The predicted octanol–water partition coefficient (Wildman–Crippen LogP) is 4.92. The van der Waals surface area contributed by atoms with Gasteiger partial charge in [0.25, 0.3) is 0 Å². The van der Waals surface area contributed by atoms with Crippen molar-refractivity contribution in [1.82, 2.24) is 0 Å². The second kappa shape index (κ2) is 4.02. The normalized spacial score (nSPS) is 18.9. The zero-order chi connectivity index (χ0) is 10.1. The van der Waals surface area contributed by atoms with Gasteiger partial charge in [-0.3, -0.25) is 0 Å². The highest BCUT2D eigenvalue weighted by Crippen LogP contribution is 2.42. The number of fused-ring (bicyclic) bond motifs is 1. The second-order valence-electron chi connectivity index (χ2n) is 4.62. The Bertz CT molecular complexity index is 449. The van der Waals surface area contributed by atoms with E-state index in [-0.39, 0.29) is 0 Å². The first-order valence-corrected chi connectivity index (χ1v) is 7.09. The molecule has 0 amide bonds. The van der Waals surface area contributed by atoms with Gasteiger partial charge in [-0.25, -0.2) is 0 Å². The third kappa shape index (κ3) is 1.72. The lowest BCUT2D eigenvalue weighted by Gasteiger charge is -2.21. The van der Waals surface area contributed by atoms with Crippen molar-refractivity contribution < 1.29 is 0 Å². The van der Waals surface area contributed by atoms with Crippen molar-refractivity contribution in [3.63, 3.8) is 0 Å². The molecule has 15 heavy (non-hydrogen) atoms. The van der Waals surface area contributed by atoms with Crippen LogP contribution in [0.2, 0.25) is 0 Å². The summed E-state index contributed by atoms with van der Waals surface area (Å²) >= 11 is 0. The summed E-state index contributed by atoms with van der Waals surface area (Å²) in [5.74, 6) is 3.33. The van der Waals surface area contributed by atoms with Crippen LogP contribution >= 0.6 is 8.19 Å². The topological polar surface area (TPSA) is 0 Å². The third-order valence-electron chi connectivity index (χ3n) is 3.65. The number of benzene rings is 1. The second-order valence-corrected chi connectivity index (χ2v) is 5.74. The first-order chi connectivity index (χ1) is 7.45. The largest absolute Gasteiger partial charge is 0.135 e. The van der Waals surface area contributed by atoms with Gasteiger partial charge in [0.2, 0.25) is 0 Å². The van der Waals surface area contributed by atoms with Crippen LogP contribution in [0.3, 0.4) is 0 Å². The van der Waals surface area contributed by atoms with Crippen LogP contribution < -0.4 is 0 Å². The Hall–Kier alpha value is -0.740. The Labute approximate surface area is 92.8 Å². The van der Waals surface area contributed by atoms with Gasteiger partial charge in [0.15, 0.2) is 0 Å². The Balaban J connectivity index is 2.02. The smallest absolute Gasteiger partial charge is 0.0109 e. The molecule has 3 rings (SSSR count).